The molecule has 0 saturated heterocycles. The molecule has 0 saturated carbocycles. The Bertz CT molecular complexity index is 1780. The van der Waals surface area contributed by atoms with Crippen molar-refractivity contribution < 1.29 is 10.2 Å². The zero-order valence-corrected chi connectivity index (χ0v) is 28.4. The van der Waals surface area contributed by atoms with Crippen LogP contribution in [-0.2, 0) is 0 Å². The number of aromatic nitrogens is 2. The number of hydrogen-bond acceptors (Lipinski definition) is 12. The van der Waals surface area contributed by atoms with E-state index in [1.165, 1.54) is 0 Å². The predicted molar refractivity (Wildman–Crippen MR) is 196 cm³/mol. The first kappa shape index (κ1) is 34.7. The molecule has 242 valence electrons. The van der Waals surface area contributed by atoms with Gasteiger partial charge in [-0.05, 0) is 97.1 Å². The molecule has 5 aromatic rings. The molecule has 0 spiro atoms. The summed E-state index contributed by atoms with van der Waals surface area (Å²) in [6.07, 6.45) is 3.24. The van der Waals surface area contributed by atoms with Gasteiger partial charge in [-0.1, -0.05) is 23.2 Å². The minimum absolute atomic E-state index is 0.113. The van der Waals surface area contributed by atoms with Crippen LogP contribution in [0.5, 0.6) is 11.5 Å². The molecule has 1 aromatic heterocycles. The van der Waals surface area contributed by atoms with E-state index in [9.17, 15) is 10.2 Å². The van der Waals surface area contributed by atoms with Crippen LogP contribution >= 0.6 is 46.7 Å². The van der Waals surface area contributed by atoms with Gasteiger partial charge in [0.1, 0.15) is 21.6 Å². The summed E-state index contributed by atoms with van der Waals surface area (Å²) in [6, 6.07) is 27.9. The van der Waals surface area contributed by atoms with Crippen molar-refractivity contribution in [1.82, 2.24) is 10.2 Å². The highest BCUT2D eigenvalue weighted by Crippen LogP contribution is 2.27. The fourth-order valence-corrected chi connectivity index (χ4v) is 5.44. The lowest BCUT2D eigenvalue weighted by Gasteiger charge is -2.02. The molecule has 2 N–H and O–H groups in total. The predicted octanol–water partition coefficient (Wildman–Crippen LogP) is 10.4. The Balaban J connectivity index is 1.02. The number of aromatic hydroxyl groups is 2. The summed E-state index contributed by atoms with van der Waals surface area (Å²) in [5.41, 5.74) is 3.65. The number of nitrogens with zero attached hydrogens (tertiary/aromatic N) is 8. The highest BCUT2D eigenvalue weighted by Gasteiger charge is 2.04. The SMILES string of the molecule is Oc1ccc(N=Nc2ccc(Cl)cc2)cc1C=NCCSc1ccc(SCCN=Cc2cc(N=Nc3ccc(Cl)cc3)ccc2O)nn1. The topological polar surface area (TPSA) is 140 Å². The monoisotopic (exact) mass is 714 g/mol. The molecule has 0 aliphatic rings. The molecule has 4 aromatic carbocycles. The number of phenolic OH excluding ortho intramolecular Hbond substituents is 2. The van der Waals surface area contributed by atoms with E-state index >= 15 is 0 Å². The Morgan fingerprint density at radius 1 is 0.521 bits per heavy atom. The summed E-state index contributed by atoms with van der Waals surface area (Å²) in [7, 11) is 0. The van der Waals surface area contributed by atoms with Gasteiger partial charge in [-0.3, -0.25) is 9.98 Å². The summed E-state index contributed by atoms with van der Waals surface area (Å²) in [6.45, 7) is 1.06. The maximum Gasteiger partial charge on any atom is 0.124 e. The summed E-state index contributed by atoms with van der Waals surface area (Å²) in [5.74, 6) is 1.61. The van der Waals surface area contributed by atoms with Crippen LogP contribution in [0.2, 0.25) is 10.0 Å². The zero-order chi connectivity index (χ0) is 33.6. The molecule has 10 nitrogen and oxygen atoms in total. The first-order chi connectivity index (χ1) is 23.4. The van der Waals surface area contributed by atoms with Crippen LogP contribution in [0, 0.1) is 0 Å². The molecule has 0 aliphatic carbocycles. The van der Waals surface area contributed by atoms with Gasteiger partial charge in [0, 0.05) is 58.2 Å². The van der Waals surface area contributed by atoms with Gasteiger partial charge in [-0.2, -0.15) is 20.5 Å². The van der Waals surface area contributed by atoms with Crippen LogP contribution in [0.25, 0.3) is 0 Å². The maximum absolute atomic E-state index is 10.2. The highest BCUT2D eigenvalue weighted by atomic mass is 35.5. The maximum atomic E-state index is 10.2. The second-order valence-electron chi connectivity index (χ2n) is 9.82. The van der Waals surface area contributed by atoms with Crippen LogP contribution in [-0.4, -0.2) is 57.4 Å². The number of thioether (sulfide) groups is 2. The van der Waals surface area contributed by atoms with E-state index in [4.69, 9.17) is 23.2 Å². The number of aliphatic imine (C=N–C) groups is 2. The van der Waals surface area contributed by atoms with Gasteiger partial charge in [-0.15, -0.1) is 33.7 Å². The van der Waals surface area contributed by atoms with Gasteiger partial charge in [-0.25, -0.2) is 0 Å². The first-order valence-corrected chi connectivity index (χ1v) is 17.2. The number of halogens is 2. The third-order valence-corrected chi connectivity index (χ3v) is 8.56. The second-order valence-corrected chi connectivity index (χ2v) is 12.9. The molecule has 0 bridgehead atoms. The summed E-state index contributed by atoms with van der Waals surface area (Å²) < 4.78 is 0. The molecule has 14 heteroatoms. The van der Waals surface area contributed by atoms with E-state index in [-0.39, 0.29) is 11.5 Å². The Hall–Kier alpha value is -4.62. The largest absolute Gasteiger partial charge is 0.507 e. The van der Waals surface area contributed by atoms with Crippen LogP contribution in [0.4, 0.5) is 22.7 Å². The minimum atomic E-state index is 0.113. The second kappa shape index (κ2) is 18.1. The third kappa shape index (κ3) is 11.3. The van der Waals surface area contributed by atoms with E-state index in [1.54, 1.807) is 121 Å². The number of azo groups is 2. The van der Waals surface area contributed by atoms with Gasteiger partial charge >= 0.3 is 0 Å². The molecule has 5 rings (SSSR count). The molecule has 0 amide bonds. The van der Waals surface area contributed by atoms with Crippen molar-refractivity contribution >= 4 is 81.9 Å². The molecular formula is C34H28Cl2N8O2S2. The van der Waals surface area contributed by atoms with Crippen LogP contribution in [0.3, 0.4) is 0 Å². The first-order valence-electron chi connectivity index (χ1n) is 14.5. The van der Waals surface area contributed by atoms with Crippen LogP contribution in [0.15, 0.2) is 138 Å². The Morgan fingerprint density at radius 3 is 1.29 bits per heavy atom. The van der Waals surface area contributed by atoms with Gasteiger partial charge in [0.2, 0.25) is 0 Å². The quantitative estimate of drug-likeness (QED) is 0.0507. The van der Waals surface area contributed by atoms with Gasteiger partial charge in [0.15, 0.2) is 0 Å². The van der Waals surface area contributed by atoms with Crippen molar-refractivity contribution in [1.29, 1.82) is 0 Å². The fourth-order valence-electron chi connectivity index (χ4n) is 3.85. The Morgan fingerprint density at radius 2 is 0.896 bits per heavy atom. The van der Waals surface area contributed by atoms with Gasteiger partial charge < -0.3 is 10.2 Å². The summed E-state index contributed by atoms with van der Waals surface area (Å²) in [4.78, 5) is 8.86. The smallest absolute Gasteiger partial charge is 0.124 e. The van der Waals surface area contributed by atoms with Gasteiger partial charge in [0.05, 0.1) is 22.7 Å². The normalized spacial score (nSPS) is 11.9. The number of benzene rings is 4. The van der Waals surface area contributed by atoms with Crippen molar-refractivity contribution in [2.45, 2.75) is 10.1 Å². The average molecular weight is 716 g/mol. The lowest BCUT2D eigenvalue weighted by atomic mass is 10.2. The number of hydrogen-bond donors (Lipinski definition) is 2. The molecule has 0 radical (unpaired) electrons. The number of rotatable bonds is 14. The average Bonchev–Trinajstić information content (AvgIpc) is 3.10. The summed E-state index contributed by atoms with van der Waals surface area (Å²) in [5, 5.41) is 48.7. The van der Waals surface area contributed by atoms with E-state index in [2.05, 4.69) is 40.6 Å². The molecule has 48 heavy (non-hydrogen) atoms. The molecule has 0 unspecified atom stereocenters. The van der Waals surface area contributed by atoms with Crippen LogP contribution in [0.1, 0.15) is 11.1 Å². The van der Waals surface area contributed by atoms with Crippen molar-refractivity contribution in [3.05, 3.63) is 118 Å². The van der Waals surface area contributed by atoms with E-state index in [1.807, 2.05) is 12.1 Å². The van der Waals surface area contributed by atoms with Crippen molar-refractivity contribution in [3.63, 3.8) is 0 Å². The lowest BCUT2D eigenvalue weighted by molar-refractivity contribution is 0.474. The van der Waals surface area contributed by atoms with Crippen LogP contribution < -0.4 is 0 Å². The van der Waals surface area contributed by atoms with E-state index in [0.29, 0.717) is 68.5 Å². The highest BCUT2D eigenvalue weighted by molar-refractivity contribution is 7.99. The molecule has 0 atom stereocenters. The Labute approximate surface area is 295 Å². The van der Waals surface area contributed by atoms with Gasteiger partial charge in [0.25, 0.3) is 0 Å². The lowest BCUT2D eigenvalue weighted by Crippen LogP contribution is -1.93. The van der Waals surface area contributed by atoms with E-state index < -0.39 is 0 Å². The number of phenols is 2. The summed E-state index contributed by atoms with van der Waals surface area (Å²) >= 11 is 14.9. The fraction of sp³-hybridized carbons (Fsp3) is 0.118. The molecule has 0 aliphatic heterocycles. The van der Waals surface area contributed by atoms with Crippen molar-refractivity contribution in [2.75, 3.05) is 24.6 Å². The van der Waals surface area contributed by atoms with Crippen molar-refractivity contribution in [3.8, 4) is 11.5 Å². The standard InChI is InChI=1S/C34H28Cl2N8O2S2/c35-25-1-5-27(6-2-25)39-41-29-9-11-31(45)23(19-29)21-37-15-17-47-33-13-14-34(44-43-33)48-18-16-38-22-24-20-30(10-12-32(24)46)42-40-28-7-3-26(36)4-8-28/h1-14,19-22,45-46H,15-18H2. The molecular weight excluding hydrogens is 687 g/mol. The third-order valence-electron chi connectivity index (χ3n) is 6.25. The van der Waals surface area contributed by atoms with Crippen molar-refractivity contribution in [2.24, 2.45) is 30.4 Å². The molecule has 1 heterocycles. The van der Waals surface area contributed by atoms with E-state index in [0.717, 1.165) is 10.1 Å². The minimum Gasteiger partial charge on any atom is -0.507 e. The Kier molecular flexibility index (Phi) is 13.1. The molecule has 0 fully saturated rings. The zero-order valence-electron chi connectivity index (χ0n) is 25.3.